The van der Waals surface area contributed by atoms with Gasteiger partial charge in [0.05, 0.1) is 15.4 Å². The highest BCUT2D eigenvalue weighted by Gasteiger charge is 2.37. The molecular formula is C16H21NO2S3. The summed E-state index contributed by atoms with van der Waals surface area (Å²) < 4.78 is 27.0. The second-order valence-corrected chi connectivity index (χ2v) is 11.1. The lowest BCUT2D eigenvalue weighted by Gasteiger charge is -2.24. The first-order chi connectivity index (χ1) is 10.0. The van der Waals surface area contributed by atoms with Gasteiger partial charge in [-0.05, 0) is 23.5 Å². The van der Waals surface area contributed by atoms with Gasteiger partial charge in [0.1, 0.15) is 4.90 Å². The summed E-state index contributed by atoms with van der Waals surface area (Å²) >= 11 is 3.34. The fourth-order valence-corrected chi connectivity index (χ4v) is 6.85. The highest BCUT2D eigenvalue weighted by Crippen LogP contribution is 2.53. The zero-order valence-corrected chi connectivity index (χ0v) is 16.2. The van der Waals surface area contributed by atoms with Crippen molar-refractivity contribution in [1.82, 2.24) is 0 Å². The maximum atomic E-state index is 12.8. The second-order valence-electron chi connectivity index (χ2n) is 7.04. The van der Waals surface area contributed by atoms with Crippen molar-refractivity contribution in [1.29, 1.82) is 0 Å². The molecule has 6 heteroatoms. The van der Waals surface area contributed by atoms with Crippen molar-refractivity contribution < 1.29 is 8.42 Å². The Morgan fingerprint density at radius 3 is 2.27 bits per heavy atom. The number of fused-ring (bicyclic) bond motifs is 3. The van der Waals surface area contributed by atoms with Crippen molar-refractivity contribution in [3.8, 4) is 9.75 Å². The van der Waals surface area contributed by atoms with Gasteiger partial charge in [-0.1, -0.05) is 34.6 Å². The van der Waals surface area contributed by atoms with E-state index in [2.05, 4.69) is 34.6 Å². The Morgan fingerprint density at radius 1 is 1.09 bits per heavy atom. The van der Waals surface area contributed by atoms with Crippen molar-refractivity contribution in [3.63, 3.8) is 0 Å². The summed E-state index contributed by atoms with van der Waals surface area (Å²) in [5.41, 5.74) is 0.838. The molecule has 0 saturated carbocycles. The minimum absolute atomic E-state index is 0.0188. The Balaban J connectivity index is 2.31. The van der Waals surface area contributed by atoms with E-state index in [-0.39, 0.29) is 5.41 Å². The Hall–Kier alpha value is -0.850. The third-order valence-corrected chi connectivity index (χ3v) is 9.00. The largest absolute Gasteiger partial charge is 0.268 e. The molecule has 0 aliphatic carbocycles. The van der Waals surface area contributed by atoms with Gasteiger partial charge >= 0.3 is 0 Å². The van der Waals surface area contributed by atoms with Crippen LogP contribution < -0.4 is 4.31 Å². The van der Waals surface area contributed by atoms with Crippen LogP contribution >= 0.6 is 22.7 Å². The van der Waals surface area contributed by atoms with E-state index in [0.717, 1.165) is 20.3 Å². The molecule has 0 atom stereocenters. The summed E-state index contributed by atoms with van der Waals surface area (Å²) in [5.74, 6) is 0.335. The average molecular weight is 356 g/mol. The molecule has 0 radical (unpaired) electrons. The van der Waals surface area contributed by atoms with Crippen LogP contribution in [0.3, 0.4) is 0 Å². The van der Waals surface area contributed by atoms with Crippen molar-refractivity contribution >= 4 is 38.4 Å². The molecule has 0 unspecified atom stereocenters. The third-order valence-electron chi connectivity index (χ3n) is 3.92. The minimum atomic E-state index is -3.43. The second kappa shape index (κ2) is 4.82. The van der Waals surface area contributed by atoms with Crippen molar-refractivity contribution in [3.05, 3.63) is 21.9 Å². The van der Waals surface area contributed by atoms with Crippen LogP contribution in [0.1, 0.15) is 50.3 Å². The molecule has 22 heavy (non-hydrogen) atoms. The molecule has 1 aliphatic heterocycles. The van der Waals surface area contributed by atoms with Crippen LogP contribution in [0, 0.1) is 0 Å². The van der Waals surface area contributed by atoms with E-state index in [4.69, 9.17) is 0 Å². The van der Waals surface area contributed by atoms with Gasteiger partial charge in [0.25, 0.3) is 10.0 Å². The van der Waals surface area contributed by atoms with Gasteiger partial charge in [0.15, 0.2) is 0 Å². The molecule has 3 heterocycles. The van der Waals surface area contributed by atoms with Gasteiger partial charge in [0.2, 0.25) is 0 Å². The standard InChI is InChI=1S/C16H21NO2S3/c1-9(2)11-8-12-15(20-11)14-10(17(6)22(12,18)19)7-13(21-14)16(3,4)5/h7-9H,1-6H3. The smallest absolute Gasteiger partial charge is 0.265 e. The van der Waals surface area contributed by atoms with Crippen LogP contribution in [-0.2, 0) is 15.4 Å². The summed E-state index contributed by atoms with van der Waals surface area (Å²) in [6.45, 7) is 10.7. The molecule has 0 spiro atoms. The summed E-state index contributed by atoms with van der Waals surface area (Å²) in [6.07, 6.45) is 0. The minimum Gasteiger partial charge on any atom is -0.268 e. The summed E-state index contributed by atoms with van der Waals surface area (Å²) in [7, 11) is -1.77. The van der Waals surface area contributed by atoms with Crippen LogP contribution in [0.5, 0.6) is 0 Å². The molecule has 120 valence electrons. The van der Waals surface area contributed by atoms with E-state index in [1.54, 1.807) is 29.7 Å². The molecule has 0 fully saturated rings. The maximum Gasteiger partial charge on any atom is 0.265 e. The van der Waals surface area contributed by atoms with E-state index in [1.807, 2.05) is 12.1 Å². The van der Waals surface area contributed by atoms with Crippen LogP contribution in [0.2, 0.25) is 0 Å². The molecule has 3 nitrogen and oxygen atoms in total. The van der Waals surface area contributed by atoms with Gasteiger partial charge < -0.3 is 0 Å². The Kier molecular flexibility index (Phi) is 3.51. The molecule has 1 aliphatic rings. The zero-order chi connectivity index (χ0) is 16.4. The van der Waals surface area contributed by atoms with E-state index >= 15 is 0 Å². The lowest BCUT2D eigenvalue weighted by molar-refractivity contribution is 0.593. The molecule has 2 aromatic heterocycles. The van der Waals surface area contributed by atoms with E-state index < -0.39 is 10.0 Å². The Labute approximate surface area is 140 Å². The summed E-state index contributed by atoms with van der Waals surface area (Å²) in [6, 6.07) is 3.89. The highest BCUT2D eigenvalue weighted by atomic mass is 32.2. The number of anilines is 1. The lowest BCUT2D eigenvalue weighted by Crippen LogP contribution is -2.28. The van der Waals surface area contributed by atoms with Crippen LogP contribution in [-0.4, -0.2) is 15.5 Å². The zero-order valence-electron chi connectivity index (χ0n) is 13.7. The molecular weight excluding hydrogens is 334 g/mol. The number of rotatable bonds is 1. The van der Waals surface area contributed by atoms with Crippen LogP contribution in [0.15, 0.2) is 17.0 Å². The van der Waals surface area contributed by atoms with E-state index in [1.165, 1.54) is 9.18 Å². The Bertz CT molecular complexity index is 835. The van der Waals surface area contributed by atoms with E-state index in [9.17, 15) is 8.42 Å². The molecule has 0 amide bonds. The topological polar surface area (TPSA) is 37.4 Å². The number of hydrogen-bond donors (Lipinski definition) is 0. The average Bonchev–Trinajstić information content (AvgIpc) is 3.00. The predicted molar refractivity (Wildman–Crippen MR) is 96.0 cm³/mol. The first kappa shape index (κ1) is 16.0. The molecule has 3 rings (SSSR count). The van der Waals surface area contributed by atoms with Gasteiger partial charge in [-0.2, -0.15) is 0 Å². The first-order valence-corrected chi connectivity index (χ1v) is 10.4. The van der Waals surface area contributed by atoms with Crippen LogP contribution in [0.4, 0.5) is 5.69 Å². The summed E-state index contributed by atoms with van der Waals surface area (Å²) in [5, 5.41) is 0. The normalized spacial score (nSPS) is 16.8. The first-order valence-electron chi connectivity index (χ1n) is 7.31. The summed E-state index contributed by atoms with van der Waals surface area (Å²) in [4.78, 5) is 4.82. The fourth-order valence-electron chi connectivity index (χ4n) is 2.45. The van der Waals surface area contributed by atoms with E-state index in [0.29, 0.717) is 10.8 Å². The van der Waals surface area contributed by atoms with Gasteiger partial charge in [-0.3, -0.25) is 4.31 Å². The number of hydrogen-bond acceptors (Lipinski definition) is 4. The van der Waals surface area contributed by atoms with Crippen LogP contribution in [0.25, 0.3) is 9.75 Å². The predicted octanol–water partition coefficient (Wildman–Crippen LogP) is 5.04. The fraction of sp³-hybridized carbons (Fsp3) is 0.500. The lowest BCUT2D eigenvalue weighted by atomic mass is 9.94. The number of thiophene rings is 2. The third kappa shape index (κ3) is 2.23. The van der Waals surface area contributed by atoms with Crippen molar-refractivity contribution in [2.45, 2.75) is 50.8 Å². The van der Waals surface area contributed by atoms with Crippen molar-refractivity contribution in [2.75, 3.05) is 11.4 Å². The highest BCUT2D eigenvalue weighted by molar-refractivity contribution is 7.93. The molecule has 0 aromatic carbocycles. The monoisotopic (exact) mass is 355 g/mol. The number of sulfonamides is 1. The van der Waals surface area contributed by atoms with Gasteiger partial charge in [0, 0.05) is 16.8 Å². The molecule has 0 saturated heterocycles. The molecule has 0 bridgehead atoms. The van der Waals surface area contributed by atoms with Crippen molar-refractivity contribution in [2.24, 2.45) is 0 Å². The quantitative estimate of drug-likeness (QED) is 0.719. The molecule has 2 aromatic rings. The van der Waals surface area contributed by atoms with Gasteiger partial charge in [-0.25, -0.2) is 8.42 Å². The maximum absolute atomic E-state index is 12.8. The molecule has 0 N–H and O–H groups in total. The SMILES string of the molecule is CC(C)c1cc2c(s1)-c1sc(C(C)(C)C)cc1N(C)S2(=O)=O. The number of nitrogens with zero attached hydrogens (tertiary/aromatic N) is 1. The van der Waals surface area contributed by atoms with Gasteiger partial charge in [-0.15, -0.1) is 22.7 Å². The Morgan fingerprint density at radius 2 is 1.73 bits per heavy atom.